The first-order valence-electron chi connectivity index (χ1n) is 11.6. The number of ether oxygens (including phenoxy) is 1. The number of sulfonamides is 1. The monoisotopic (exact) mass is 499 g/mol. The van der Waals surface area contributed by atoms with E-state index in [1.807, 2.05) is 19.9 Å². The van der Waals surface area contributed by atoms with Crippen molar-refractivity contribution in [2.45, 2.75) is 56.6 Å². The first-order chi connectivity index (χ1) is 16.3. The van der Waals surface area contributed by atoms with Gasteiger partial charge in [0.25, 0.3) is 5.91 Å². The van der Waals surface area contributed by atoms with Crippen LogP contribution in [0.3, 0.4) is 0 Å². The van der Waals surface area contributed by atoms with Gasteiger partial charge in [-0.15, -0.1) is 0 Å². The van der Waals surface area contributed by atoms with Gasteiger partial charge in [0, 0.05) is 25.3 Å². The van der Waals surface area contributed by atoms with E-state index < -0.39 is 10.0 Å². The standard InChI is InChI=1S/C25H29N3O4S2/c1-16-6-7-17(2)23-22(16)26-25(33-23)28(15-20-5-4-14-32-20)24(29)18-8-12-21(13-9-18)34(30,31)27(3)19-10-11-19/h6-9,12-13,19-20H,4-5,10-11,14-15H2,1-3H3. The van der Waals surface area contributed by atoms with Crippen LogP contribution in [0.1, 0.15) is 47.2 Å². The predicted molar refractivity (Wildman–Crippen MR) is 134 cm³/mol. The van der Waals surface area contributed by atoms with Gasteiger partial charge >= 0.3 is 0 Å². The second-order valence-electron chi connectivity index (χ2n) is 9.20. The van der Waals surface area contributed by atoms with E-state index in [1.165, 1.54) is 27.8 Å². The number of nitrogens with zero attached hydrogens (tertiary/aromatic N) is 3. The lowest BCUT2D eigenvalue weighted by atomic mass is 10.1. The second-order valence-corrected chi connectivity index (χ2v) is 12.2. The van der Waals surface area contributed by atoms with Crippen LogP contribution in [0, 0.1) is 13.8 Å². The molecule has 34 heavy (non-hydrogen) atoms. The fourth-order valence-corrected chi connectivity index (χ4v) is 6.86. The summed E-state index contributed by atoms with van der Waals surface area (Å²) in [5, 5.41) is 0.637. The number of aryl methyl sites for hydroxylation is 2. The third kappa shape index (κ3) is 4.37. The lowest BCUT2D eigenvalue weighted by Crippen LogP contribution is -2.37. The molecule has 1 aliphatic carbocycles. The van der Waals surface area contributed by atoms with Crippen molar-refractivity contribution in [1.29, 1.82) is 0 Å². The molecule has 0 radical (unpaired) electrons. The predicted octanol–water partition coefficient (Wildman–Crippen LogP) is 4.52. The molecule has 9 heteroatoms. The average Bonchev–Trinajstić information content (AvgIpc) is 3.35. The zero-order valence-corrected chi connectivity index (χ0v) is 21.3. The summed E-state index contributed by atoms with van der Waals surface area (Å²) in [4.78, 5) is 20.4. The van der Waals surface area contributed by atoms with Crippen molar-refractivity contribution >= 4 is 42.6 Å². The summed E-state index contributed by atoms with van der Waals surface area (Å²) in [6.07, 6.45) is 3.63. The van der Waals surface area contributed by atoms with Crippen LogP contribution in [-0.4, -0.2) is 56.0 Å². The number of hydrogen-bond donors (Lipinski definition) is 0. The Morgan fingerprint density at radius 2 is 1.79 bits per heavy atom. The van der Waals surface area contributed by atoms with Crippen LogP contribution >= 0.6 is 11.3 Å². The molecule has 2 aliphatic rings. The van der Waals surface area contributed by atoms with Crippen LogP contribution in [0.5, 0.6) is 0 Å². The number of thiazole rings is 1. The Balaban J connectivity index is 1.47. The van der Waals surface area contributed by atoms with E-state index in [2.05, 4.69) is 6.07 Å². The Morgan fingerprint density at radius 1 is 1.09 bits per heavy atom. The van der Waals surface area contributed by atoms with Crippen LogP contribution in [0.15, 0.2) is 41.3 Å². The molecule has 1 atom stereocenters. The summed E-state index contributed by atoms with van der Waals surface area (Å²) < 4.78 is 34.0. The number of carbonyl (C=O) groups is 1. The molecular formula is C25H29N3O4S2. The molecule has 180 valence electrons. The minimum absolute atomic E-state index is 0.0370. The molecule has 1 saturated carbocycles. The lowest BCUT2D eigenvalue weighted by Gasteiger charge is -2.23. The fraction of sp³-hybridized carbons (Fsp3) is 0.440. The molecule has 1 amide bonds. The van der Waals surface area contributed by atoms with Gasteiger partial charge in [-0.25, -0.2) is 13.4 Å². The molecule has 0 bridgehead atoms. The quantitative estimate of drug-likeness (QED) is 0.477. The molecule has 0 spiro atoms. The van der Waals surface area contributed by atoms with Gasteiger partial charge in [0.05, 0.1) is 27.8 Å². The molecule has 2 heterocycles. The molecule has 3 aromatic rings. The van der Waals surface area contributed by atoms with Crippen LogP contribution < -0.4 is 4.90 Å². The van der Waals surface area contributed by atoms with Crippen molar-refractivity contribution in [3.8, 4) is 0 Å². The van der Waals surface area contributed by atoms with Crippen molar-refractivity contribution in [2.75, 3.05) is 25.1 Å². The maximum absolute atomic E-state index is 13.7. The highest BCUT2D eigenvalue weighted by atomic mass is 32.2. The zero-order valence-electron chi connectivity index (χ0n) is 19.7. The normalized spacial score (nSPS) is 18.6. The highest BCUT2D eigenvalue weighted by Crippen LogP contribution is 2.35. The van der Waals surface area contributed by atoms with Crippen LogP contribution in [0.2, 0.25) is 0 Å². The van der Waals surface area contributed by atoms with Gasteiger partial charge in [0.2, 0.25) is 10.0 Å². The third-order valence-corrected chi connectivity index (χ3v) is 9.79. The summed E-state index contributed by atoms with van der Waals surface area (Å²) in [6.45, 7) is 5.19. The number of rotatable bonds is 7. The van der Waals surface area contributed by atoms with Crippen molar-refractivity contribution in [1.82, 2.24) is 9.29 Å². The lowest BCUT2D eigenvalue weighted by molar-refractivity contribution is 0.0917. The van der Waals surface area contributed by atoms with E-state index in [4.69, 9.17) is 9.72 Å². The van der Waals surface area contributed by atoms with Crippen molar-refractivity contribution < 1.29 is 17.9 Å². The average molecular weight is 500 g/mol. The first kappa shape index (κ1) is 23.4. The Bertz CT molecular complexity index is 1290. The Kier molecular flexibility index (Phi) is 6.22. The van der Waals surface area contributed by atoms with Gasteiger partial charge in [-0.1, -0.05) is 23.5 Å². The first-order valence-corrected chi connectivity index (χ1v) is 13.9. The van der Waals surface area contributed by atoms with Gasteiger partial charge < -0.3 is 4.74 Å². The van der Waals surface area contributed by atoms with E-state index in [0.29, 0.717) is 23.8 Å². The van der Waals surface area contributed by atoms with E-state index >= 15 is 0 Å². The third-order valence-electron chi connectivity index (χ3n) is 6.66. The van der Waals surface area contributed by atoms with Crippen molar-refractivity contribution in [3.05, 3.63) is 53.1 Å². The SMILES string of the molecule is Cc1ccc(C)c2sc(N(CC3CCCO3)C(=O)c3ccc(S(=O)(=O)N(C)C4CC4)cc3)nc12. The molecule has 7 nitrogen and oxygen atoms in total. The molecule has 2 fully saturated rings. The summed E-state index contributed by atoms with van der Waals surface area (Å²) in [5.74, 6) is -0.204. The molecular weight excluding hydrogens is 470 g/mol. The van der Waals surface area contributed by atoms with Crippen LogP contribution in [-0.2, 0) is 14.8 Å². The molecule has 1 aromatic heterocycles. The summed E-state index contributed by atoms with van der Waals surface area (Å²) in [5.41, 5.74) is 3.54. The van der Waals surface area contributed by atoms with Gasteiger partial charge in [-0.2, -0.15) is 4.31 Å². The maximum atomic E-state index is 13.7. The van der Waals surface area contributed by atoms with Crippen LogP contribution in [0.25, 0.3) is 10.2 Å². The molecule has 1 unspecified atom stereocenters. The number of anilines is 1. The van der Waals surface area contributed by atoms with E-state index in [9.17, 15) is 13.2 Å². The largest absolute Gasteiger partial charge is 0.376 e. The number of fused-ring (bicyclic) bond motifs is 1. The minimum atomic E-state index is -3.56. The Labute approximate surface area is 204 Å². The molecule has 1 saturated heterocycles. The number of aromatic nitrogens is 1. The van der Waals surface area contributed by atoms with E-state index in [1.54, 1.807) is 24.1 Å². The minimum Gasteiger partial charge on any atom is -0.376 e. The summed E-state index contributed by atoms with van der Waals surface area (Å²) >= 11 is 1.51. The second kappa shape index (κ2) is 9.03. The van der Waals surface area contributed by atoms with Gasteiger partial charge in [-0.05, 0) is 74.9 Å². The molecule has 2 aromatic carbocycles. The van der Waals surface area contributed by atoms with E-state index in [-0.39, 0.29) is 22.9 Å². The van der Waals surface area contributed by atoms with Crippen molar-refractivity contribution in [2.24, 2.45) is 0 Å². The molecule has 1 aliphatic heterocycles. The Morgan fingerprint density at radius 3 is 2.41 bits per heavy atom. The fourth-order valence-electron chi connectivity index (χ4n) is 4.33. The highest BCUT2D eigenvalue weighted by Gasteiger charge is 2.35. The topological polar surface area (TPSA) is 79.8 Å². The van der Waals surface area contributed by atoms with Gasteiger partial charge in [0.1, 0.15) is 0 Å². The molecule has 5 rings (SSSR count). The van der Waals surface area contributed by atoms with Gasteiger partial charge in [0.15, 0.2) is 5.13 Å². The number of benzene rings is 2. The smallest absolute Gasteiger partial charge is 0.260 e. The summed E-state index contributed by atoms with van der Waals surface area (Å²) in [7, 11) is -1.94. The van der Waals surface area contributed by atoms with Gasteiger partial charge in [-0.3, -0.25) is 9.69 Å². The summed E-state index contributed by atoms with van der Waals surface area (Å²) in [6, 6.07) is 10.5. The maximum Gasteiger partial charge on any atom is 0.260 e. The Hall–Kier alpha value is -2.33. The molecule has 0 N–H and O–H groups in total. The number of carbonyl (C=O) groups excluding carboxylic acids is 1. The van der Waals surface area contributed by atoms with Crippen LogP contribution in [0.4, 0.5) is 5.13 Å². The zero-order chi connectivity index (χ0) is 24.0. The number of hydrogen-bond acceptors (Lipinski definition) is 6. The highest BCUT2D eigenvalue weighted by molar-refractivity contribution is 7.89. The number of amides is 1. The van der Waals surface area contributed by atoms with Crippen molar-refractivity contribution in [3.63, 3.8) is 0 Å². The van der Waals surface area contributed by atoms with E-state index in [0.717, 1.165) is 47.0 Å².